The molecule has 0 saturated carbocycles. The minimum absolute atomic E-state index is 0.108. The predicted octanol–water partition coefficient (Wildman–Crippen LogP) is 2.90. The van der Waals surface area contributed by atoms with E-state index in [1.54, 1.807) is 0 Å². The summed E-state index contributed by atoms with van der Waals surface area (Å²) in [5.41, 5.74) is 2.10. The molecule has 0 atom stereocenters. The van der Waals surface area contributed by atoms with Crippen molar-refractivity contribution in [2.45, 2.75) is 52.9 Å². The van der Waals surface area contributed by atoms with Crippen LogP contribution in [0.3, 0.4) is 0 Å². The van der Waals surface area contributed by atoms with Gasteiger partial charge in [0.05, 0.1) is 17.9 Å². The van der Waals surface area contributed by atoms with Crippen molar-refractivity contribution in [3.63, 3.8) is 0 Å². The molecule has 0 aliphatic rings. The summed E-state index contributed by atoms with van der Waals surface area (Å²) in [5, 5.41) is 3.36. The lowest BCUT2D eigenvalue weighted by Gasteiger charge is -2.19. The molecule has 96 valence electrons. The van der Waals surface area contributed by atoms with Crippen LogP contribution >= 0.6 is 0 Å². The van der Waals surface area contributed by atoms with Crippen LogP contribution < -0.4 is 5.32 Å². The van der Waals surface area contributed by atoms with E-state index in [9.17, 15) is 0 Å². The lowest BCUT2D eigenvalue weighted by atomic mass is 10.2. The molecule has 0 aliphatic carbocycles. The first-order valence-electron chi connectivity index (χ1n) is 6.30. The van der Waals surface area contributed by atoms with Gasteiger partial charge in [-0.05, 0) is 45.4 Å². The van der Waals surface area contributed by atoms with E-state index in [2.05, 4.69) is 44.1 Å². The Labute approximate surface area is 105 Å². The summed E-state index contributed by atoms with van der Waals surface area (Å²) < 4.78 is 5.68. The predicted molar refractivity (Wildman–Crippen MR) is 70.8 cm³/mol. The standard InChI is InChI=1S/C14H24N2O/c1-5-8-15-9-12-6-7-13(16-10-12)11-17-14(2,3)4/h6-7,10,15H,5,8-9,11H2,1-4H3. The van der Waals surface area contributed by atoms with E-state index >= 15 is 0 Å². The molecular formula is C14H24N2O. The summed E-state index contributed by atoms with van der Waals surface area (Å²) in [6, 6.07) is 4.14. The second-order valence-electron chi connectivity index (χ2n) is 5.24. The average molecular weight is 236 g/mol. The molecule has 1 N–H and O–H groups in total. The summed E-state index contributed by atoms with van der Waals surface area (Å²) >= 11 is 0. The molecule has 3 heteroatoms. The Bertz CT molecular complexity index is 314. The van der Waals surface area contributed by atoms with Gasteiger partial charge in [-0.15, -0.1) is 0 Å². The molecule has 17 heavy (non-hydrogen) atoms. The zero-order valence-corrected chi connectivity index (χ0v) is 11.4. The third-order valence-corrected chi connectivity index (χ3v) is 2.29. The molecule has 0 spiro atoms. The molecule has 0 aliphatic heterocycles. The van der Waals surface area contributed by atoms with Crippen LogP contribution in [0.5, 0.6) is 0 Å². The molecule has 1 aromatic heterocycles. The van der Waals surface area contributed by atoms with Crippen molar-refractivity contribution in [2.24, 2.45) is 0 Å². The highest BCUT2D eigenvalue weighted by Gasteiger charge is 2.10. The first-order chi connectivity index (χ1) is 8.01. The highest BCUT2D eigenvalue weighted by molar-refractivity contribution is 5.13. The van der Waals surface area contributed by atoms with Crippen molar-refractivity contribution in [3.05, 3.63) is 29.6 Å². The Morgan fingerprint density at radius 1 is 1.29 bits per heavy atom. The molecule has 0 saturated heterocycles. The molecule has 0 amide bonds. The smallest absolute Gasteiger partial charge is 0.0894 e. The summed E-state index contributed by atoms with van der Waals surface area (Å²) in [6.45, 7) is 10.8. The molecule has 3 nitrogen and oxygen atoms in total. The van der Waals surface area contributed by atoms with Crippen LogP contribution in [0.1, 0.15) is 45.4 Å². The molecule has 1 heterocycles. The van der Waals surface area contributed by atoms with Crippen LogP contribution in [0, 0.1) is 0 Å². The van der Waals surface area contributed by atoms with Gasteiger partial charge in [-0.3, -0.25) is 4.98 Å². The number of nitrogens with zero attached hydrogens (tertiary/aromatic N) is 1. The van der Waals surface area contributed by atoms with Gasteiger partial charge >= 0.3 is 0 Å². The normalized spacial score (nSPS) is 11.8. The average Bonchev–Trinajstić information content (AvgIpc) is 2.27. The van der Waals surface area contributed by atoms with Gasteiger partial charge in [-0.25, -0.2) is 0 Å². The molecule has 1 aromatic rings. The number of ether oxygens (including phenoxy) is 1. The Hall–Kier alpha value is -0.930. The first-order valence-corrected chi connectivity index (χ1v) is 6.30. The number of pyridine rings is 1. The van der Waals surface area contributed by atoms with E-state index in [1.807, 2.05) is 12.3 Å². The second-order valence-corrected chi connectivity index (χ2v) is 5.24. The number of hydrogen-bond donors (Lipinski definition) is 1. The molecule has 0 aromatic carbocycles. The van der Waals surface area contributed by atoms with Crippen LogP contribution in [-0.2, 0) is 17.9 Å². The monoisotopic (exact) mass is 236 g/mol. The van der Waals surface area contributed by atoms with E-state index in [0.29, 0.717) is 6.61 Å². The van der Waals surface area contributed by atoms with Crippen molar-refractivity contribution in [1.29, 1.82) is 0 Å². The lowest BCUT2D eigenvalue weighted by Crippen LogP contribution is -2.19. The lowest BCUT2D eigenvalue weighted by molar-refractivity contribution is -0.0164. The number of hydrogen-bond acceptors (Lipinski definition) is 3. The van der Waals surface area contributed by atoms with Crippen LogP contribution in [0.25, 0.3) is 0 Å². The fraction of sp³-hybridized carbons (Fsp3) is 0.643. The van der Waals surface area contributed by atoms with Gasteiger partial charge in [-0.2, -0.15) is 0 Å². The Morgan fingerprint density at radius 2 is 2.06 bits per heavy atom. The van der Waals surface area contributed by atoms with Gasteiger partial charge in [0, 0.05) is 12.7 Å². The summed E-state index contributed by atoms with van der Waals surface area (Å²) in [6.07, 6.45) is 3.08. The Balaban J connectivity index is 2.39. The third kappa shape index (κ3) is 6.39. The summed E-state index contributed by atoms with van der Waals surface area (Å²) in [7, 11) is 0. The molecule has 0 bridgehead atoms. The van der Waals surface area contributed by atoms with E-state index in [-0.39, 0.29) is 5.60 Å². The van der Waals surface area contributed by atoms with Crippen molar-refractivity contribution < 1.29 is 4.74 Å². The SMILES string of the molecule is CCCNCc1ccc(COC(C)(C)C)nc1. The van der Waals surface area contributed by atoms with Crippen molar-refractivity contribution >= 4 is 0 Å². The van der Waals surface area contributed by atoms with E-state index in [1.165, 1.54) is 5.56 Å². The van der Waals surface area contributed by atoms with Gasteiger partial charge in [0.15, 0.2) is 0 Å². The summed E-state index contributed by atoms with van der Waals surface area (Å²) in [4.78, 5) is 4.40. The van der Waals surface area contributed by atoms with E-state index in [4.69, 9.17) is 4.74 Å². The van der Waals surface area contributed by atoms with E-state index in [0.717, 1.165) is 25.2 Å². The minimum atomic E-state index is -0.108. The van der Waals surface area contributed by atoms with Crippen LogP contribution in [0.15, 0.2) is 18.3 Å². The molecule has 0 unspecified atom stereocenters. The van der Waals surface area contributed by atoms with Gasteiger partial charge in [0.25, 0.3) is 0 Å². The van der Waals surface area contributed by atoms with Crippen LogP contribution in [0.4, 0.5) is 0 Å². The fourth-order valence-electron chi connectivity index (χ4n) is 1.35. The quantitative estimate of drug-likeness (QED) is 0.771. The maximum absolute atomic E-state index is 5.68. The Kier molecular flexibility index (Phi) is 5.59. The minimum Gasteiger partial charge on any atom is -0.370 e. The topological polar surface area (TPSA) is 34.1 Å². The zero-order chi connectivity index (χ0) is 12.7. The highest BCUT2D eigenvalue weighted by Crippen LogP contribution is 2.10. The number of aromatic nitrogens is 1. The maximum Gasteiger partial charge on any atom is 0.0894 e. The fourth-order valence-corrected chi connectivity index (χ4v) is 1.35. The van der Waals surface area contributed by atoms with Crippen LogP contribution in [-0.4, -0.2) is 17.1 Å². The van der Waals surface area contributed by atoms with Gasteiger partial charge in [0.2, 0.25) is 0 Å². The molecule has 1 rings (SSSR count). The van der Waals surface area contributed by atoms with Gasteiger partial charge < -0.3 is 10.1 Å². The van der Waals surface area contributed by atoms with Crippen molar-refractivity contribution in [3.8, 4) is 0 Å². The van der Waals surface area contributed by atoms with Gasteiger partial charge in [-0.1, -0.05) is 13.0 Å². The number of rotatable bonds is 6. The molecule has 0 fully saturated rings. The van der Waals surface area contributed by atoms with E-state index < -0.39 is 0 Å². The van der Waals surface area contributed by atoms with Gasteiger partial charge in [0.1, 0.15) is 0 Å². The second kappa shape index (κ2) is 6.72. The molecular weight excluding hydrogens is 212 g/mol. The van der Waals surface area contributed by atoms with Crippen molar-refractivity contribution in [1.82, 2.24) is 10.3 Å². The van der Waals surface area contributed by atoms with Crippen molar-refractivity contribution in [2.75, 3.05) is 6.54 Å². The maximum atomic E-state index is 5.68. The summed E-state index contributed by atoms with van der Waals surface area (Å²) in [5.74, 6) is 0. The number of nitrogens with one attached hydrogen (secondary N) is 1. The third-order valence-electron chi connectivity index (χ3n) is 2.29. The molecule has 0 radical (unpaired) electrons. The zero-order valence-electron chi connectivity index (χ0n) is 11.4. The highest BCUT2D eigenvalue weighted by atomic mass is 16.5. The first kappa shape index (κ1) is 14.1. The largest absolute Gasteiger partial charge is 0.370 e. The van der Waals surface area contributed by atoms with Crippen LogP contribution in [0.2, 0.25) is 0 Å². The Morgan fingerprint density at radius 3 is 2.59 bits per heavy atom.